The summed E-state index contributed by atoms with van der Waals surface area (Å²) in [5, 5.41) is 7.30. The van der Waals surface area contributed by atoms with Gasteiger partial charge in [-0.25, -0.2) is 4.68 Å². The summed E-state index contributed by atoms with van der Waals surface area (Å²) in [6.07, 6.45) is 7.76. The van der Waals surface area contributed by atoms with Crippen molar-refractivity contribution in [1.29, 1.82) is 0 Å². The average Bonchev–Trinajstić information content (AvgIpc) is 3.50. The zero-order valence-electron chi connectivity index (χ0n) is 16.3. The number of hydrogen-bond acceptors (Lipinski definition) is 4. The number of benzene rings is 1. The zero-order chi connectivity index (χ0) is 20.8. The molecule has 3 heterocycles. The van der Waals surface area contributed by atoms with Crippen LogP contribution in [0.25, 0.3) is 11.5 Å². The molecule has 154 valence electrons. The van der Waals surface area contributed by atoms with Gasteiger partial charge in [-0.1, -0.05) is 18.2 Å². The summed E-state index contributed by atoms with van der Waals surface area (Å²) in [4.78, 5) is 12.2. The first-order chi connectivity index (χ1) is 14.7. The zero-order valence-corrected chi connectivity index (χ0v) is 17.1. The Hall–Kier alpha value is -3.39. The molecule has 3 aromatic heterocycles. The van der Waals surface area contributed by atoms with E-state index in [9.17, 15) is 9.00 Å². The van der Waals surface area contributed by atoms with Crippen LogP contribution in [0.1, 0.15) is 11.3 Å². The lowest BCUT2D eigenvalue weighted by Crippen LogP contribution is -2.30. The smallest absolute Gasteiger partial charge is 0.232 e. The minimum absolute atomic E-state index is 0.0558. The van der Waals surface area contributed by atoms with E-state index in [0.29, 0.717) is 13.0 Å². The highest BCUT2D eigenvalue weighted by Gasteiger charge is 2.17. The molecule has 1 atom stereocenters. The lowest BCUT2D eigenvalue weighted by Gasteiger charge is -2.11. The van der Waals surface area contributed by atoms with E-state index >= 15 is 0 Å². The predicted octanol–water partition coefficient (Wildman–Crippen LogP) is 2.86. The predicted molar refractivity (Wildman–Crippen MR) is 115 cm³/mol. The minimum atomic E-state index is -1.36. The fraction of sp³-hybridized carbons (Fsp3) is 0.182. The molecule has 1 amide bonds. The number of rotatable bonds is 9. The molecule has 0 saturated carbocycles. The highest BCUT2D eigenvalue weighted by molar-refractivity contribution is 7.84. The van der Waals surface area contributed by atoms with E-state index in [2.05, 4.69) is 10.4 Å². The highest BCUT2D eigenvalue weighted by atomic mass is 32.2. The van der Waals surface area contributed by atoms with E-state index in [4.69, 9.17) is 4.42 Å². The molecule has 4 rings (SSSR count). The second kappa shape index (κ2) is 9.41. The molecule has 4 aromatic rings. The Morgan fingerprint density at radius 3 is 2.60 bits per heavy atom. The Balaban J connectivity index is 1.43. The van der Waals surface area contributed by atoms with Crippen LogP contribution in [0.4, 0.5) is 0 Å². The van der Waals surface area contributed by atoms with Gasteiger partial charge in [0, 0.05) is 41.7 Å². The molecule has 7 nitrogen and oxygen atoms in total. The van der Waals surface area contributed by atoms with Crippen molar-refractivity contribution in [2.45, 2.75) is 12.2 Å². The van der Waals surface area contributed by atoms with Gasteiger partial charge in [0.15, 0.2) is 0 Å². The molecule has 0 fully saturated rings. The number of furan rings is 1. The minimum Gasteiger partial charge on any atom is -0.469 e. The molecule has 1 N–H and O–H groups in total. The maximum atomic E-state index is 12.7. The average molecular weight is 423 g/mol. The first kappa shape index (κ1) is 19.9. The van der Waals surface area contributed by atoms with Crippen LogP contribution in [0.15, 0.2) is 83.9 Å². The summed E-state index contributed by atoms with van der Waals surface area (Å²) in [5.74, 6) is 1.57. The summed E-state index contributed by atoms with van der Waals surface area (Å²) in [7, 11) is -1.36. The molecule has 0 aliphatic heterocycles. The number of aromatic nitrogens is 3. The van der Waals surface area contributed by atoms with Crippen molar-refractivity contribution in [2.75, 3.05) is 12.3 Å². The lowest BCUT2D eigenvalue weighted by atomic mass is 10.3. The van der Waals surface area contributed by atoms with E-state index in [1.165, 1.54) is 0 Å². The molecule has 8 heteroatoms. The number of hydrogen-bond donors (Lipinski definition) is 1. The summed E-state index contributed by atoms with van der Waals surface area (Å²) in [6, 6.07) is 17.3. The topological polar surface area (TPSA) is 82.1 Å². The van der Waals surface area contributed by atoms with Crippen LogP contribution in [0, 0.1) is 0 Å². The Morgan fingerprint density at radius 1 is 1.07 bits per heavy atom. The highest BCUT2D eigenvalue weighted by Crippen LogP contribution is 2.21. The lowest BCUT2D eigenvalue weighted by molar-refractivity contribution is -0.118. The number of nitrogens with zero attached hydrogens (tertiary/aromatic N) is 3. The van der Waals surface area contributed by atoms with Crippen molar-refractivity contribution in [1.82, 2.24) is 19.7 Å². The maximum absolute atomic E-state index is 12.7. The SMILES string of the molecule is O=C(CS(=O)Cc1cnn(-c2ccccc2)c1-n1cccc1)NCCc1ccco1. The number of para-hydroxylation sites is 1. The number of amides is 1. The molecular weight excluding hydrogens is 400 g/mol. The Kier molecular flexibility index (Phi) is 6.24. The molecule has 30 heavy (non-hydrogen) atoms. The van der Waals surface area contributed by atoms with Crippen LogP contribution in [-0.2, 0) is 27.8 Å². The second-order valence-electron chi connectivity index (χ2n) is 6.74. The third-order valence-corrected chi connectivity index (χ3v) is 5.77. The molecule has 0 radical (unpaired) electrons. The first-order valence-corrected chi connectivity index (χ1v) is 11.1. The molecule has 1 aromatic carbocycles. The number of nitrogens with one attached hydrogen (secondary N) is 1. The maximum Gasteiger partial charge on any atom is 0.232 e. The van der Waals surface area contributed by atoms with E-state index in [1.54, 1.807) is 12.5 Å². The van der Waals surface area contributed by atoms with Crippen molar-refractivity contribution in [3.05, 3.63) is 90.8 Å². The molecule has 1 unspecified atom stereocenters. The van der Waals surface area contributed by atoms with Crippen LogP contribution in [0.5, 0.6) is 0 Å². The monoisotopic (exact) mass is 422 g/mol. The summed E-state index contributed by atoms with van der Waals surface area (Å²) in [5.41, 5.74) is 1.73. The van der Waals surface area contributed by atoms with Gasteiger partial charge in [-0.05, 0) is 36.4 Å². The van der Waals surface area contributed by atoms with Crippen LogP contribution in [0.3, 0.4) is 0 Å². The van der Waals surface area contributed by atoms with Gasteiger partial charge in [-0.15, -0.1) is 0 Å². The van der Waals surface area contributed by atoms with Crippen LogP contribution in [-0.4, -0.2) is 36.8 Å². The normalized spacial score (nSPS) is 12.0. The van der Waals surface area contributed by atoms with Crippen LogP contribution in [0.2, 0.25) is 0 Å². The van der Waals surface area contributed by atoms with Crippen molar-refractivity contribution in [3.8, 4) is 11.5 Å². The van der Waals surface area contributed by atoms with Gasteiger partial charge >= 0.3 is 0 Å². The Bertz CT molecular complexity index is 1100. The van der Waals surface area contributed by atoms with Crippen molar-refractivity contribution >= 4 is 16.7 Å². The summed E-state index contributed by atoms with van der Waals surface area (Å²) >= 11 is 0. The molecule has 0 aliphatic rings. The largest absolute Gasteiger partial charge is 0.469 e. The van der Waals surface area contributed by atoms with E-state index in [0.717, 1.165) is 22.8 Å². The van der Waals surface area contributed by atoms with Gasteiger partial charge in [-0.3, -0.25) is 9.00 Å². The Morgan fingerprint density at radius 2 is 1.87 bits per heavy atom. The molecule has 0 aliphatic carbocycles. The number of carbonyl (C=O) groups is 1. The second-order valence-corrected chi connectivity index (χ2v) is 8.20. The quantitative estimate of drug-likeness (QED) is 0.450. The standard InChI is InChI=1S/C22H22N4O3S/c27-21(23-11-10-20-9-6-14-29-20)17-30(28)16-18-15-24-26(19-7-2-1-3-8-19)22(18)25-12-4-5-13-25/h1-9,12-15H,10-11,16-17H2,(H,23,27). The summed E-state index contributed by atoms with van der Waals surface area (Å²) < 4.78 is 21.7. The third kappa shape index (κ3) is 4.77. The molecule has 0 saturated heterocycles. The Labute approximate surface area is 176 Å². The van der Waals surface area contributed by atoms with Gasteiger partial charge in [0.05, 0.1) is 23.9 Å². The molecule has 0 bridgehead atoms. The number of carbonyl (C=O) groups excluding carboxylic acids is 1. The van der Waals surface area contributed by atoms with Gasteiger partial charge < -0.3 is 14.3 Å². The van der Waals surface area contributed by atoms with Crippen LogP contribution < -0.4 is 5.32 Å². The molecular formula is C22H22N4O3S. The van der Waals surface area contributed by atoms with Crippen molar-refractivity contribution < 1.29 is 13.4 Å². The fourth-order valence-corrected chi connectivity index (χ4v) is 4.24. The van der Waals surface area contributed by atoms with Gasteiger partial charge in [0.2, 0.25) is 5.91 Å². The van der Waals surface area contributed by atoms with E-state index in [1.807, 2.05) is 76.2 Å². The van der Waals surface area contributed by atoms with Gasteiger partial charge in [-0.2, -0.15) is 5.10 Å². The van der Waals surface area contributed by atoms with Crippen molar-refractivity contribution in [2.24, 2.45) is 0 Å². The van der Waals surface area contributed by atoms with E-state index in [-0.39, 0.29) is 17.4 Å². The van der Waals surface area contributed by atoms with E-state index < -0.39 is 10.8 Å². The first-order valence-electron chi connectivity index (χ1n) is 9.60. The fourth-order valence-electron chi connectivity index (χ4n) is 3.19. The van der Waals surface area contributed by atoms with Crippen molar-refractivity contribution in [3.63, 3.8) is 0 Å². The third-order valence-electron chi connectivity index (χ3n) is 4.55. The van der Waals surface area contributed by atoms with Gasteiger partial charge in [0.1, 0.15) is 17.3 Å². The summed E-state index contributed by atoms with van der Waals surface area (Å²) in [6.45, 7) is 0.449. The van der Waals surface area contributed by atoms with Crippen LogP contribution >= 0.6 is 0 Å². The van der Waals surface area contributed by atoms with Gasteiger partial charge in [0.25, 0.3) is 0 Å². The molecule has 0 spiro atoms.